The van der Waals surface area contributed by atoms with Crippen molar-refractivity contribution >= 4 is 21.5 Å². The van der Waals surface area contributed by atoms with E-state index in [-0.39, 0.29) is 0 Å². The minimum Gasteiger partial charge on any atom is -0.0622 e. The third-order valence-electron chi connectivity index (χ3n) is 4.84. The summed E-state index contributed by atoms with van der Waals surface area (Å²) in [5.41, 5.74) is 4.52. The van der Waals surface area contributed by atoms with Gasteiger partial charge in [-0.25, -0.2) is 0 Å². The summed E-state index contributed by atoms with van der Waals surface area (Å²) in [5, 5.41) is 5.67. The topological polar surface area (TPSA) is 0 Å². The van der Waals surface area contributed by atoms with Crippen LogP contribution in [0.1, 0.15) is 30.0 Å². The van der Waals surface area contributed by atoms with Crippen molar-refractivity contribution in [2.75, 3.05) is 0 Å². The largest absolute Gasteiger partial charge is 0.0622 e. The summed E-state index contributed by atoms with van der Waals surface area (Å²) in [6.07, 6.45) is 3.82. The molecule has 100 valence electrons. The molecule has 1 unspecified atom stereocenters. The van der Waals surface area contributed by atoms with Crippen molar-refractivity contribution < 1.29 is 0 Å². The van der Waals surface area contributed by atoms with Gasteiger partial charge in [0.1, 0.15) is 0 Å². The molecule has 0 saturated heterocycles. The standard InChI is InChI=1S/C20H20/c1-13-4-8-17-16(11-13)7-10-19-18(17)9-6-15-5-3-14(2)12-20(15)19/h3,5-7,9-10,12-13H,4,8,11H2,1-2H3. The summed E-state index contributed by atoms with van der Waals surface area (Å²) in [4.78, 5) is 0. The van der Waals surface area contributed by atoms with Crippen LogP contribution in [0.3, 0.4) is 0 Å². The molecule has 20 heavy (non-hydrogen) atoms. The van der Waals surface area contributed by atoms with Crippen LogP contribution in [0, 0.1) is 12.8 Å². The predicted molar refractivity (Wildman–Crippen MR) is 87.4 cm³/mol. The fraction of sp³-hybridized carbons (Fsp3) is 0.300. The molecule has 0 heterocycles. The maximum Gasteiger partial charge on any atom is -0.0102 e. The molecule has 0 aromatic heterocycles. The molecule has 0 amide bonds. The molecule has 0 fully saturated rings. The van der Waals surface area contributed by atoms with Gasteiger partial charge >= 0.3 is 0 Å². The first kappa shape index (κ1) is 12.0. The maximum atomic E-state index is 2.37. The van der Waals surface area contributed by atoms with Gasteiger partial charge in [0.15, 0.2) is 0 Å². The summed E-state index contributed by atoms with van der Waals surface area (Å²) in [6.45, 7) is 4.55. The monoisotopic (exact) mass is 260 g/mol. The Morgan fingerprint density at radius 3 is 2.60 bits per heavy atom. The maximum absolute atomic E-state index is 2.37. The van der Waals surface area contributed by atoms with Gasteiger partial charge in [0.25, 0.3) is 0 Å². The summed E-state index contributed by atoms with van der Waals surface area (Å²) in [6, 6.07) is 16.1. The van der Waals surface area contributed by atoms with Crippen molar-refractivity contribution in [2.45, 2.75) is 33.1 Å². The zero-order chi connectivity index (χ0) is 13.7. The quantitative estimate of drug-likeness (QED) is 0.473. The lowest BCUT2D eigenvalue weighted by atomic mass is 9.82. The SMILES string of the molecule is Cc1ccc2ccc3c4c(ccc3c2c1)CC(C)CC4. The molecule has 0 spiro atoms. The van der Waals surface area contributed by atoms with Gasteiger partial charge in [-0.15, -0.1) is 0 Å². The van der Waals surface area contributed by atoms with Crippen LogP contribution in [-0.2, 0) is 12.8 Å². The van der Waals surface area contributed by atoms with Crippen LogP contribution in [0.25, 0.3) is 21.5 Å². The number of aryl methyl sites for hydroxylation is 2. The average Bonchev–Trinajstić information content (AvgIpc) is 2.46. The van der Waals surface area contributed by atoms with Crippen LogP contribution in [0.4, 0.5) is 0 Å². The zero-order valence-electron chi connectivity index (χ0n) is 12.2. The fourth-order valence-corrected chi connectivity index (χ4v) is 3.71. The second-order valence-corrected chi connectivity index (χ2v) is 6.44. The van der Waals surface area contributed by atoms with E-state index in [1.54, 1.807) is 11.1 Å². The second-order valence-electron chi connectivity index (χ2n) is 6.44. The molecule has 1 aliphatic rings. The van der Waals surface area contributed by atoms with Crippen molar-refractivity contribution in [1.82, 2.24) is 0 Å². The molecule has 0 aliphatic heterocycles. The van der Waals surface area contributed by atoms with Crippen LogP contribution in [0.15, 0.2) is 42.5 Å². The van der Waals surface area contributed by atoms with Gasteiger partial charge in [0.05, 0.1) is 0 Å². The molecule has 0 bridgehead atoms. The van der Waals surface area contributed by atoms with Crippen molar-refractivity contribution in [1.29, 1.82) is 0 Å². The number of fused-ring (bicyclic) bond motifs is 5. The molecular formula is C20H20. The van der Waals surface area contributed by atoms with E-state index in [0.29, 0.717) is 0 Å². The lowest BCUT2D eigenvalue weighted by molar-refractivity contribution is 0.503. The number of hydrogen-bond acceptors (Lipinski definition) is 0. The second kappa shape index (κ2) is 4.34. The van der Waals surface area contributed by atoms with Gasteiger partial charge in [-0.2, -0.15) is 0 Å². The highest BCUT2D eigenvalue weighted by Gasteiger charge is 2.17. The lowest BCUT2D eigenvalue weighted by Crippen LogP contribution is -2.11. The van der Waals surface area contributed by atoms with E-state index >= 15 is 0 Å². The van der Waals surface area contributed by atoms with Crippen LogP contribution in [0.2, 0.25) is 0 Å². The summed E-state index contributed by atoms with van der Waals surface area (Å²) >= 11 is 0. The number of rotatable bonds is 0. The molecule has 0 nitrogen and oxygen atoms in total. The van der Waals surface area contributed by atoms with Crippen molar-refractivity contribution in [2.24, 2.45) is 5.92 Å². The third-order valence-corrected chi connectivity index (χ3v) is 4.84. The fourth-order valence-electron chi connectivity index (χ4n) is 3.71. The van der Waals surface area contributed by atoms with Crippen LogP contribution >= 0.6 is 0 Å². The first-order chi connectivity index (χ1) is 9.72. The van der Waals surface area contributed by atoms with Crippen molar-refractivity contribution in [3.05, 3.63) is 59.2 Å². The van der Waals surface area contributed by atoms with E-state index in [4.69, 9.17) is 0 Å². The third kappa shape index (κ3) is 1.75. The van der Waals surface area contributed by atoms with E-state index in [1.165, 1.54) is 46.4 Å². The molecule has 4 rings (SSSR count). The summed E-state index contributed by atoms with van der Waals surface area (Å²) < 4.78 is 0. The molecule has 1 aliphatic carbocycles. The summed E-state index contributed by atoms with van der Waals surface area (Å²) in [5.74, 6) is 0.836. The Labute approximate surface area is 120 Å². The van der Waals surface area contributed by atoms with Crippen LogP contribution in [-0.4, -0.2) is 0 Å². The normalized spacial score (nSPS) is 18.4. The molecular weight excluding hydrogens is 240 g/mol. The van der Waals surface area contributed by atoms with Gasteiger partial charge in [0.2, 0.25) is 0 Å². The van der Waals surface area contributed by atoms with Gasteiger partial charge in [-0.05, 0) is 64.8 Å². The van der Waals surface area contributed by atoms with E-state index in [1.807, 2.05) is 0 Å². The van der Waals surface area contributed by atoms with Gasteiger partial charge in [-0.1, -0.05) is 55.0 Å². The first-order valence-corrected chi connectivity index (χ1v) is 7.66. The van der Waals surface area contributed by atoms with E-state index < -0.39 is 0 Å². The molecule has 0 heteroatoms. The minimum atomic E-state index is 0.836. The molecule has 3 aromatic carbocycles. The zero-order valence-corrected chi connectivity index (χ0v) is 12.2. The molecule has 0 saturated carbocycles. The Hall–Kier alpha value is -1.82. The summed E-state index contributed by atoms with van der Waals surface area (Å²) in [7, 11) is 0. The molecule has 0 N–H and O–H groups in total. The molecule has 3 aromatic rings. The van der Waals surface area contributed by atoms with E-state index in [0.717, 1.165) is 5.92 Å². The minimum absolute atomic E-state index is 0.836. The lowest BCUT2D eigenvalue weighted by Gasteiger charge is -2.23. The molecule has 1 atom stereocenters. The van der Waals surface area contributed by atoms with Crippen molar-refractivity contribution in [3.8, 4) is 0 Å². The molecule has 0 radical (unpaired) electrons. The first-order valence-electron chi connectivity index (χ1n) is 7.66. The Bertz CT molecular complexity index is 811. The average molecular weight is 260 g/mol. The van der Waals surface area contributed by atoms with Crippen molar-refractivity contribution in [3.63, 3.8) is 0 Å². The predicted octanol–water partition coefficient (Wildman–Crippen LogP) is 5.43. The Morgan fingerprint density at radius 1 is 0.900 bits per heavy atom. The van der Waals surface area contributed by atoms with E-state index in [9.17, 15) is 0 Å². The van der Waals surface area contributed by atoms with Gasteiger partial charge < -0.3 is 0 Å². The Morgan fingerprint density at radius 2 is 1.70 bits per heavy atom. The highest BCUT2D eigenvalue weighted by molar-refractivity contribution is 6.09. The van der Waals surface area contributed by atoms with Gasteiger partial charge in [0, 0.05) is 0 Å². The van der Waals surface area contributed by atoms with Gasteiger partial charge in [-0.3, -0.25) is 0 Å². The Balaban J connectivity index is 2.07. The number of hydrogen-bond donors (Lipinski definition) is 0. The highest BCUT2D eigenvalue weighted by atomic mass is 14.2. The highest BCUT2D eigenvalue weighted by Crippen LogP contribution is 2.34. The smallest absolute Gasteiger partial charge is 0.0102 e. The van der Waals surface area contributed by atoms with Crippen LogP contribution < -0.4 is 0 Å². The van der Waals surface area contributed by atoms with Crippen LogP contribution in [0.5, 0.6) is 0 Å². The number of benzene rings is 3. The van der Waals surface area contributed by atoms with E-state index in [2.05, 4.69) is 56.3 Å². The Kier molecular flexibility index (Phi) is 2.60.